The molecule has 2 heterocycles. The summed E-state index contributed by atoms with van der Waals surface area (Å²) in [6.07, 6.45) is -0.108. The number of anilines is 1. The maximum Gasteiger partial charge on any atom is 0.259 e. The number of likely N-dealkylation sites (N-methyl/N-ethyl adjacent to an activating group) is 2. The molecule has 140 valence electrons. The number of amides is 1. The maximum atomic E-state index is 12.9. The highest BCUT2D eigenvalue weighted by Crippen LogP contribution is 2.29. The normalized spacial score (nSPS) is 20.9. The first-order valence-corrected chi connectivity index (χ1v) is 8.81. The van der Waals surface area contributed by atoms with Gasteiger partial charge in [-0.3, -0.25) is 14.4 Å². The quantitative estimate of drug-likeness (QED) is 0.896. The Balaban J connectivity index is 1.80. The number of rotatable bonds is 4. The van der Waals surface area contributed by atoms with Gasteiger partial charge in [0.05, 0.1) is 24.4 Å². The number of ether oxygens (including phenoxy) is 1. The Hall–Kier alpha value is -2.38. The molecule has 0 aliphatic carbocycles. The van der Waals surface area contributed by atoms with Gasteiger partial charge in [0.1, 0.15) is 11.4 Å². The zero-order chi connectivity index (χ0) is 18.8. The van der Waals surface area contributed by atoms with E-state index in [9.17, 15) is 4.79 Å². The summed E-state index contributed by atoms with van der Waals surface area (Å²) in [5.41, 5.74) is 8.33. The highest BCUT2D eigenvalue weighted by Gasteiger charge is 2.34. The number of benzene rings is 1. The van der Waals surface area contributed by atoms with Crippen molar-refractivity contribution in [3.63, 3.8) is 0 Å². The summed E-state index contributed by atoms with van der Waals surface area (Å²) in [6, 6.07) is 10.4. The van der Waals surface area contributed by atoms with Crippen molar-refractivity contribution in [2.24, 2.45) is 7.05 Å². The number of nitrogens with zero attached hydrogens (tertiary/aromatic N) is 4. The predicted molar refractivity (Wildman–Crippen MR) is 101 cm³/mol. The van der Waals surface area contributed by atoms with Crippen molar-refractivity contribution in [1.29, 1.82) is 0 Å². The Bertz CT molecular complexity index is 774. The second kappa shape index (κ2) is 7.47. The third-order valence-corrected chi connectivity index (χ3v) is 5.02. The van der Waals surface area contributed by atoms with Crippen molar-refractivity contribution in [1.82, 2.24) is 19.6 Å². The van der Waals surface area contributed by atoms with Crippen LogP contribution >= 0.6 is 0 Å². The summed E-state index contributed by atoms with van der Waals surface area (Å²) in [4.78, 5) is 16.9. The van der Waals surface area contributed by atoms with E-state index in [0.29, 0.717) is 30.2 Å². The molecule has 0 saturated carbocycles. The molecule has 1 aliphatic heterocycles. The van der Waals surface area contributed by atoms with E-state index in [1.54, 1.807) is 25.9 Å². The van der Waals surface area contributed by atoms with Crippen LogP contribution in [0.1, 0.15) is 27.7 Å². The van der Waals surface area contributed by atoms with Crippen molar-refractivity contribution in [3.05, 3.63) is 47.2 Å². The molecule has 3 rings (SSSR count). The molecule has 0 bridgehead atoms. The number of carbonyl (C=O) groups excluding carboxylic acids is 1. The SMILES string of the molecule is Cc1nn(C)c(N)c1C(=O)N(C)C[C@@H]1OCCN(C)[C@H]1c1ccccc1. The van der Waals surface area contributed by atoms with Crippen LogP contribution in [0.2, 0.25) is 0 Å². The van der Waals surface area contributed by atoms with Crippen molar-refractivity contribution in [2.45, 2.75) is 19.1 Å². The molecular formula is C19H27N5O2. The van der Waals surface area contributed by atoms with Crippen molar-refractivity contribution in [3.8, 4) is 0 Å². The third-order valence-electron chi connectivity index (χ3n) is 5.02. The minimum Gasteiger partial charge on any atom is -0.383 e. The van der Waals surface area contributed by atoms with E-state index in [1.807, 2.05) is 18.2 Å². The van der Waals surface area contributed by atoms with Gasteiger partial charge in [0, 0.05) is 27.2 Å². The summed E-state index contributed by atoms with van der Waals surface area (Å²) < 4.78 is 7.59. The second-order valence-corrected chi connectivity index (χ2v) is 6.90. The smallest absolute Gasteiger partial charge is 0.259 e. The van der Waals surface area contributed by atoms with Crippen LogP contribution < -0.4 is 5.73 Å². The van der Waals surface area contributed by atoms with Gasteiger partial charge in [0.25, 0.3) is 5.91 Å². The molecular weight excluding hydrogens is 330 g/mol. The fraction of sp³-hybridized carbons (Fsp3) is 0.474. The molecule has 1 aliphatic rings. The number of hydrogen-bond acceptors (Lipinski definition) is 5. The van der Waals surface area contributed by atoms with E-state index in [2.05, 4.69) is 29.2 Å². The predicted octanol–water partition coefficient (Wildman–Crippen LogP) is 1.45. The van der Waals surface area contributed by atoms with E-state index in [0.717, 1.165) is 6.54 Å². The minimum atomic E-state index is -0.128. The van der Waals surface area contributed by atoms with Gasteiger partial charge in [0.2, 0.25) is 0 Å². The van der Waals surface area contributed by atoms with E-state index >= 15 is 0 Å². The molecule has 1 aromatic carbocycles. The zero-order valence-electron chi connectivity index (χ0n) is 15.8. The standard InChI is InChI=1S/C19H27N5O2/c1-13-16(18(20)24(4)21-13)19(25)23(3)12-15-17(22(2)10-11-26-15)14-8-6-5-7-9-14/h5-9,15,17H,10-12,20H2,1-4H3/t15-,17-/m0/s1. The van der Waals surface area contributed by atoms with Crippen LogP contribution in [0.25, 0.3) is 0 Å². The Morgan fingerprint density at radius 1 is 1.35 bits per heavy atom. The van der Waals surface area contributed by atoms with E-state index in [4.69, 9.17) is 10.5 Å². The van der Waals surface area contributed by atoms with Crippen molar-refractivity contribution >= 4 is 11.7 Å². The Labute approximate surface area is 154 Å². The van der Waals surface area contributed by atoms with Gasteiger partial charge in [-0.25, -0.2) is 0 Å². The summed E-state index contributed by atoms with van der Waals surface area (Å²) in [5.74, 6) is 0.261. The van der Waals surface area contributed by atoms with Crippen LogP contribution in [-0.4, -0.2) is 65.4 Å². The summed E-state index contributed by atoms with van der Waals surface area (Å²) in [5, 5.41) is 4.24. The first-order chi connectivity index (χ1) is 12.4. The van der Waals surface area contributed by atoms with E-state index < -0.39 is 0 Å². The number of nitrogen functional groups attached to an aromatic ring is 1. The first kappa shape index (κ1) is 18.4. The number of aryl methyl sites for hydroxylation is 2. The Kier molecular flexibility index (Phi) is 5.29. The van der Waals surface area contributed by atoms with E-state index in [1.165, 1.54) is 10.2 Å². The lowest BCUT2D eigenvalue weighted by Crippen LogP contribution is -2.48. The van der Waals surface area contributed by atoms with Crippen LogP contribution in [0.15, 0.2) is 30.3 Å². The largest absolute Gasteiger partial charge is 0.383 e. The van der Waals surface area contributed by atoms with Gasteiger partial charge in [0.15, 0.2) is 0 Å². The van der Waals surface area contributed by atoms with Crippen molar-refractivity contribution in [2.75, 3.05) is 39.5 Å². The molecule has 1 fully saturated rings. The van der Waals surface area contributed by atoms with Crippen LogP contribution in [-0.2, 0) is 11.8 Å². The number of hydrogen-bond donors (Lipinski definition) is 1. The minimum absolute atomic E-state index is 0.104. The lowest BCUT2D eigenvalue weighted by atomic mass is 9.98. The van der Waals surface area contributed by atoms with Crippen LogP contribution in [0.3, 0.4) is 0 Å². The molecule has 1 amide bonds. The van der Waals surface area contributed by atoms with Crippen LogP contribution in [0.5, 0.6) is 0 Å². The molecule has 2 atom stereocenters. The molecule has 7 nitrogen and oxygen atoms in total. The first-order valence-electron chi connectivity index (χ1n) is 8.81. The van der Waals surface area contributed by atoms with Gasteiger partial charge in [-0.1, -0.05) is 30.3 Å². The lowest BCUT2D eigenvalue weighted by Gasteiger charge is -2.40. The third kappa shape index (κ3) is 3.45. The molecule has 1 saturated heterocycles. The van der Waals surface area contributed by atoms with Crippen LogP contribution in [0, 0.1) is 6.92 Å². The maximum absolute atomic E-state index is 12.9. The molecule has 7 heteroatoms. The summed E-state index contributed by atoms with van der Waals surface area (Å²) in [6.45, 7) is 3.80. The highest BCUT2D eigenvalue weighted by atomic mass is 16.5. The molecule has 0 radical (unpaired) electrons. The molecule has 1 aromatic heterocycles. The second-order valence-electron chi connectivity index (χ2n) is 6.90. The number of aromatic nitrogens is 2. The molecule has 0 unspecified atom stereocenters. The summed E-state index contributed by atoms with van der Waals surface area (Å²) >= 11 is 0. The summed E-state index contributed by atoms with van der Waals surface area (Å²) in [7, 11) is 5.62. The Morgan fingerprint density at radius 2 is 2.04 bits per heavy atom. The molecule has 2 aromatic rings. The average Bonchev–Trinajstić information content (AvgIpc) is 2.87. The van der Waals surface area contributed by atoms with E-state index in [-0.39, 0.29) is 18.1 Å². The van der Waals surface area contributed by atoms with Gasteiger partial charge in [-0.2, -0.15) is 5.10 Å². The lowest BCUT2D eigenvalue weighted by molar-refractivity contribution is -0.0707. The average molecular weight is 357 g/mol. The molecule has 26 heavy (non-hydrogen) atoms. The van der Waals surface area contributed by atoms with Gasteiger partial charge >= 0.3 is 0 Å². The fourth-order valence-corrected chi connectivity index (χ4v) is 3.62. The topological polar surface area (TPSA) is 76.6 Å². The Morgan fingerprint density at radius 3 is 2.65 bits per heavy atom. The number of morpholine rings is 1. The zero-order valence-corrected chi connectivity index (χ0v) is 15.8. The highest BCUT2D eigenvalue weighted by molar-refractivity contribution is 5.99. The van der Waals surface area contributed by atoms with Gasteiger partial charge in [-0.15, -0.1) is 0 Å². The van der Waals surface area contributed by atoms with Crippen molar-refractivity contribution < 1.29 is 9.53 Å². The molecule has 2 N–H and O–H groups in total. The molecule has 0 spiro atoms. The van der Waals surface area contributed by atoms with Gasteiger partial charge in [-0.05, 0) is 19.5 Å². The van der Waals surface area contributed by atoms with Crippen LogP contribution in [0.4, 0.5) is 5.82 Å². The number of nitrogens with two attached hydrogens (primary N) is 1. The van der Waals surface area contributed by atoms with Gasteiger partial charge < -0.3 is 15.4 Å². The monoisotopic (exact) mass is 357 g/mol. The number of carbonyl (C=O) groups is 1. The fourth-order valence-electron chi connectivity index (χ4n) is 3.62.